The largest absolute Gasteiger partial charge is 0.340 e. The summed E-state index contributed by atoms with van der Waals surface area (Å²) in [5.41, 5.74) is -1.35. The third-order valence-electron chi connectivity index (χ3n) is 5.37. The molecule has 2 unspecified atom stereocenters. The van der Waals surface area contributed by atoms with Gasteiger partial charge in [0.2, 0.25) is 11.8 Å². The Balaban J connectivity index is 1.96. The predicted octanol–water partition coefficient (Wildman–Crippen LogP) is 1.86. The molecular formula is C16H24N2O2. The highest BCUT2D eigenvalue weighted by molar-refractivity contribution is 6.02. The quantitative estimate of drug-likeness (QED) is 0.797. The van der Waals surface area contributed by atoms with E-state index in [-0.39, 0.29) is 11.8 Å². The molecule has 4 nitrogen and oxygen atoms in total. The van der Waals surface area contributed by atoms with Crippen LogP contribution in [-0.2, 0) is 9.59 Å². The maximum absolute atomic E-state index is 13.0. The number of carbonyl (C=O) groups is 2. The Morgan fingerprint density at radius 1 is 1.20 bits per heavy atom. The normalized spacial score (nSPS) is 38.5. The van der Waals surface area contributed by atoms with Crippen molar-refractivity contribution >= 4 is 11.8 Å². The topological polar surface area (TPSA) is 49.4 Å². The zero-order valence-corrected chi connectivity index (χ0v) is 12.6. The van der Waals surface area contributed by atoms with E-state index in [1.807, 2.05) is 37.8 Å². The first-order valence-electron chi connectivity index (χ1n) is 7.70. The van der Waals surface area contributed by atoms with Gasteiger partial charge in [0, 0.05) is 6.54 Å². The molecule has 3 rings (SSSR count). The maximum atomic E-state index is 13.0. The van der Waals surface area contributed by atoms with Crippen LogP contribution in [0.25, 0.3) is 0 Å². The Labute approximate surface area is 120 Å². The third-order valence-corrected chi connectivity index (χ3v) is 5.37. The van der Waals surface area contributed by atoms with Crippen molar-refractivity contribution in [2.45, 2.75) is 57.5 Å². The Morgan fingerprint density at radius 3 is 2.30 bits per heavy atom. The zero-order chi connectivity index (χ0) is 14.5. The zero-order valence-electron chi connectivity index (χ0n) is 12.6. The van der Waals surface area contributed by atoms with Crippen LogP contribution in [0.15, 0.2) is 12.2 Å². The van der Waals surface area contributed by atoms with Gasteiger partial charge in [-0.15, -0.1) is 0 Å². The van der Waals surface area contributed by atoms with Gasteiger partial charge in [-0.05, 0) is 58.3 Å². The summed E-state index contributed by atoms with van der Waals surface area (Å²) in [6.45, 7) is 6.33. The number of rotatable bonds is 4. The Bertz CT molecular complexity index is 479. The van der Waals surface area contributed by atoms with Crippen LogP contribution < -0.4 is 5.32 Å². The molecule has 0 radical (unpaired) electrons. The third kappa shape index (κ3) is 1.80. The molecule has 0 aromatic heterocycles. The lowest BCUT2D eigenvalue weighted by Crippen LogP contribution is -2.75. The molecule has 0 bridgehead atoms. The fourth-order valence-corrected chi connectivity index (χ4v) is 3.50. The second-order valence-electron chi connectivity index (χ2n) is 6.84. The fraction of sp³-hybridized carbons (Fsp3) is 0.750. The van der Waals surface area contributed by atoms with Crippen LogP contribution in [0.5, 0.6) is 0 Å². The summed E-state index contributed by atoms with van der Waals surface area (Å²) in [6, 6.07) is 0. The van der Waals surface area contributed by atoms with Crippen molar-refractivity contribution in [1.29, 1.82) is 0 Å². The first-order chi connectivity index (χ1) is 9.44. The summed E-state index contributed by atoms with van der Waals surface area (Å²) >= 11 is 0. The number of allylic oxidation sites excluding steroid dienone is 1. The molecule has 0 aromatic carbocycles. The smallest absolute Gasteiger partial charge is 0.249 e. The number of nitrogens with one attached hydrogen (secondary N) is 1. The molecule has 3 fully saturated rings. The molecule has 4 heteroatoms. The van der Waals surface area contributed by atoms with Crippen LogP contribution in [0.3, 0.4) is 0 Å². The summed E-state index contributed by atoms with van der Waals surface area (Å²) in [6.07, 6.45) is 8.10. The molecule has 3 aliphatic rings. The maximum Gasteiger partial charge on any atom is 0.249 e. The number of hydrogen-bond acceptors (Lipinski definition) is 2. The lowest BCUT2D eigenvalue weighted by atomic mass is 9.81. The molecule has 20 heavy (non-hydrogen) atoms. The summed E-state index contributed by atoms with van der Waals surface area (Å²) in [7, 11) is 0. The van der Waals surface area contributed by atoms with E-state index in [2.05, 4.69) is 5.32 Å². The molecule has 1 saturated heterocycles. The summed E-state index contributed by atoms with van der Waals surface area (Å²) in [5.74, 6) is 0.780. The highest BCUT2D eigenvalue weighted by Gasteiger charge is 2.62. The van der Waals surface area contributed by atoms with Crippen LogP contribution >= 0.6 is 0 Å². The molecule has 0 spiro atoms. The standard InChI is InChI=1S/C16H24N2O2/c1-4-5-10-18-14(20)15(2,11-6-7-11)17-13(19)16(18,3)12-8-9-12/h4-5,11-12H,6-10H2,1-3H3,(H,17,19)/b5-4+. The Kier molecular flexibility index (Phi) is 2.96. The van der Waals surface area contributed by atoms with Gasteiger partial charge in [0.1, 0.15) is 11.1 Å². The molecule has 2 saturated carbocycles. The van der Waals surface area contributed by atoms with Crippen molar-refractivity contribution in [3.8, 4) is 0 Å². The number of nitrogens with zero attached hydrogens (tertiary/aromatic N) is 1. The van der Waals surface area contributed by atoms with Crippen molar-refractivity contribution < 1.29 is 9.59 Å². The van der Waals surface area contributed by atoms with Crippen LogP contribution in [0.2, 0.25) is 0 Å². The van der Waals surface area contributed by atoms with Gasteiger partial charge in [-0.3, -0.25) is 9.59 Å². The van der Waals surface area contributed by atoms with Crippen LogP contribution in [-0.4, -0.2) is 34.3 Å². The number of hydrogen-bond donors (Lipinski definition) is 1. The Morgan fingerprint density at radius 2 is 1.80 bits per heavy atom. The van der Waals surface area contributed by atoms with Crippen LogP contribution in [0, 0.1) is 11.8 Å². The minimum Gasteiger partial charge on any atom is -0.340 e. The van der Waals surface area contributed by atoms with E-state index in [4.69, 9.17) is 0 Å². The SMILES string of the molecule is C/C=C/CN1C(=O)C(C)(C2CC2)NC(=O)C1(C)C1CC1. The van der Waals surface area contributed by atoms with Gasteiger partial charge in [-0.25, -0.2) is 0 Å². The van der Waals surface area contributed by atoms with Gasteiger partial charge in [0.25, 0.3) is 0 Å². The van der Waals surface area contributed by atoms with Crippen LogP contribution in [0.1, 0.15) is 46.5 Å². The van der Waals surface area contributed by atoms with E-state index in [9.17, 15) is 9.59 Å². The van der Waals surface area contributed by atoms with E-state index in [1.54, 1.807) is 0 Å². The highest BCUT2D eigenvalue weighted by Crippen LogP contribution is 2.49. The lowest BCUT2D eigenvalue weighted by molar-refractivity contribution is -0.163. The first-order valence-corrected chi connectivity index (χ1v) is 7.70. The predicted molar refractivity (Wildman–Crippen MR) is 76.9 cm³/mol. The van der Waals surface area contributed by atoms with Crippen molar-refractivity contribution in [3.63, 3.8) is 0 Å². The van der Waals surface area contributed by atoms with Crippen molar-refractivity contribution in [2.24, 2.45) is 11.8 Å². The van der Waals surface area contributed by atoms with E-state index in [1.165, 1.54) is 0 Å². The van der Waals surface area contributed by atoms with Crippen molar-refractivity contribution in [1.82, 2.24) is 10.2 Å². The number of carbonyl (C=O) groups excluding carboxylic acids is 2. The van der Waals surface area contributed by atoms with Gasteiger partial charge >= 0.3 is 0 Å². The van der Waals surface area contributed by atoms with Gasteiger partial charge in [-0.2, -0.15) is 0 Å². The van der Waals surface area contributed by atoms with Gasteiger partial charge in [-0.1, -0.05) is 12.2 Å². The summed E-state index contributed by atoms with van der Waals surface area (Å²) in [4.78, 5) is 27.6. The van der Waals surface area contributed by atoms with E-state index >= 15 is 0 Å². The molecule has 2 aliphatic carbocycles. The second-order valence-corrected chi connectivity index (χ2v) is 6.84. The van der Waals surface area contributed by atoms with Gasteiger partial charge in [0.15, 0.2) is 0 Å². The second kappa shape index (κ2) is 4.34. The van der Waals surface area contributed by atoms with Crippen LogP contribution in [0.4, 0.5) is 0 Å². The van der Waals surface area contributed by atoms with E-state index in [0.29, 0.717) is 18.4 Å². The molecule has 110 valence electrons. The molecule has 2 atom stereocenters. The molecule has 0 aromatic rings. The van der Waals surface area contributed by atoms with Crippen molar-refractivity contribution in [3.05, 3.63) is 12.2 Å². The average Bonchev–Trinajstić information content (AvgIpc) is 3.28. The number of amides is 2. The minimum atomic E-state index is -0.687. The Hall–Kier alpha value is -1.32. The lowest BCUT2D eigenvalue weighted by Gasteiger charge is -2.50. The summed E-state index contributed by atoms with van der Waals surface area (Å²) in [5, 5.41) is 3.07. The molecule has 1 heterocycles. The highest BCUT2D eigenvalue weighted by atomic mass is 16.2. The molecule has 2 amide bonds. The minimum absolute atomic E-state index is 0.0403. The van der Waals surface area contributed by atoms with Gasteiger partial charge in [0.05, 0.1) is 0 Å². The van der Waals surface area contributed by atoms with E-state index in [0.717, 1.165) is 25.7 Å². The first kappa shape index (κ1) is 13.7. The summed E-state index contributed by atoms with van der Waals surface area (Å²) < 4.78 is 0. The van der Waals surface area contributed by atoms with Gasteiger partial charge < -0.3 is 10.2 Å². The molecule has 1 aliphatic heterocycles. The molecule has 1 N–H and O–H groups in total. The fourth-order valence-electron chi connectivity index (χ4n) is 3.50. The monoisotopic (exact) mass is 276 g/mol. The average molecular weight is 276 g/mol. The number of piperazine rings is 1. The van der Waals surface area contributed by atoms with E-state index < -0.39 is 11.1 Å². The molecular weight excluding hydrogens is 252 g/mol. The van der Waals surface area contributed by atoms with Crippen molar-refractivity contribution in [2.75, 3.05) is 6.54 Å².